The number of rotatable bonds is 10. The largest absolute Gasteiger partial charge is 0.377 e. The van der Waals surface area contributed by atoms with Gasteiger partial charge in [-0.25, -0.2) is 0 Å². The van der Waals surface area contributed by atoms with Gasteiger partial charge >= 0.3 is 0 Å². The monoisotopic (exact) mass is 241 g/mol. The summed E-state index contributed by atoms with van der Waals surface area (Å²) in [5, 5.41) is 3.64. The number of ether oxygens (including phenoxy) is 1. The van der Waals surface area contributed by atoms with Crippen LogP contribution in [0.2, 0.25) is 0 Å². The van der Waals surface area contributed by atoms with Gasteiger partial charge in [-0.15, -0.1) is 0 Å². The summed E-state index contributed by atoms with van der Waals surface area (Å²) in [6, 6.07) is 0.575. The third kappa shape index (κ3) is 5.87. The molecule has 0 aromatic rings. The Balaban J connectivity index is 2.37. The molecule has 0 spiro atoms. The summed E-state index contributed by atoms with van der Waals surface area (Å²) in [5.41, 5.74) is 0. The van der Waals surface area contributed by atoms with Crippen LogP contribution in [0.25, 0.3) is 0 Å². The number of hydrogen-bond acceptors (Lipinski definition) is 2. The molecule has 2 nitrogen and oxygen atoms in total. The van der Waals surface area contributed by atoms with Crippen LogP contribution in [0.15, 0.2) is 0 Å². The first-order valence-electron chi connectivity index (χ1n) is 7.54. The Labute approximate surface area is 108 Å². The molecule has 17 heavy (non-hydrogen) atoms. The van der Waals surface area contributed by atoms with Crippen molar-refractivity contribution in [1.29, 1.82) is 0 Å². The molecule has 2 atom stereocenters. The lowest BCUT2D eigenvalue weighted by Gasteiger charge is -2.28. The molecule has 0 aromatic carbocycles. The maximum atomic E-state index is 5.98. The van der Waals surface area contributed by atoms with Crippen molar-refractivity contribution in [2.75, 3.05) is 13.2 Å². The number of nitrogens with one attached hydrogen (secondary N) is 1. The van der Waals surface area contributed by atoms with E-state index in [-0.39, 0.29) is 0 Å². The van der Waals surface area contributed by atoms with Gasteiger partial charge in [0.05, 0.1) is 6.10 Å². The zero-order chi connectivity index (χ0) is 12.7. The van der Waals surface area contributed by atoms with Crippen molar-refractivity contribution in [3.05, 3.63) is 0 Å². The minimum absolute atomic E-state index is 0.465. The van der Waals surface area contributed by atoms with Crippen LogP contribution in [0.1, 0.15) is 59.8 Å². The maximum Gasteiger partial charge on any atom is 0.0755 e. The van der Waals surface area contributed by atoms with Gasteiger partial charge in [-0.05, 0) is 44.6 Å². The van der Waals surface area contributed by atoms with Crippen molar-refractivity contribution in [2.24, 2.45) is 11.8 Å². The fraction of sp³-hybridized carbons (Fsp3) is 1.00. The van der Waals surface area contributed by atoms with Crippen molar-refractivity contribution in [3.8, 4) is 0 Å². The Hall–Kier alpha value is -0.0800. The molecule has 1 fully saturated rings. The molecule has 0 aliphatic heterocycles. The van der Waals surface area contributed by atoms with Crippen LogP contribution >= 0.6 is 0 Å². The summed E-state index contributed by atoms with van der Waals surface area (Å²) < 4.78 is 5.98. The van der Waals surface area contributed by atoms with E-state index in [2.05, 4.69) is 33.0 Å². The third-order valence-corrected chi connectivity index (χ3v) is 3.61. The number of hydrogen-bond donors (Lipinski definition) is 1. The molecule has 0 heterocycles. The first-order chi connectivity index (χ1) is 8.19. The lowest BCUT2D eigenvalue weighted by Crippen LogP contribution is -2.42. The van der Waals surface area contributed by atoms with Crippen LogP contribution in [-0.2, 0) is 4.74 Å². The molecule has 0 bridgehead atoms. The molecule has 1 aliphatic rings. The molecule has 0 amide bonds. The summed E-state index contributed by atoms with van der Waals surface area (Å²) in [4.78, 5) is 0. The Morgan fingerprint density at radius 1 is 1.18 bits per heavy atom. The Morgan fingerprint density at radius 3 is 2.35 bits per heavy atom. The average Bonchev–Trinajstić information content (AvgIpc) is 3.08. The summed E-state index contributed by atoms with van der Waals surface area (Å²) in [6.07, 6.45) is 7.14. The van der Waals surface area contributed by atoms with Crippen molar-refractivity contribution < 1.29 is 4.74 Å². The molecule has 1 rings (SSSR count). The fourth-order valence-corrected chi connectivity index (χ4v) is 2.59. The fourth-order valence-electron chi connectivity index (χ4n) is 2.59. The van der Waals surface area contributed by atoms with Gasteiger partial charge in [0, 0.05) is 12.6 Å². The van der Waals surface area contributed by atoms with Crippen LogP contribution in [0.4, 0.5) is 0 Å². The smallest absolute Gasteiger partial charge is 0.0755 e. The van der Waals surface area contributed by atoms with Crippen molar-refractivity contribution in [3.63, 3.8) is 0 Å². The predicted molar refractivity (Wildman–Crippen MR) is 74.3 cm³/mol. The summed E-state index contributed by atoms with van der Waals surface area (Å²) in [7, 11) is 0. The highest BCUT2D eigenvalue weighted by molar-refractivity contribution is 4.90. The maximum absolute atomic E-state index is 5.98. The van der Waals surface area contributed by atoms with Crippen LogP contribution in [0, 0.1) is 11.8 Å². The first-order valence-corrected chi connectivity index (χ1v) is 7.54. The van der Waals surface area contributed by atoms with Crippen molar-refractivity contribution >= 4 is 0 Å². The van der Waals surface area contributed by atoms with Gasteiger partial charge in [0.25, 0.3) is 0 Å². The van der Waals surface area contributed by atoms with Gasteiger partial charge in [-0.2, -0.15) is 0 Å². The van der Waals surface area contributed by atoms with Gasteiger partial charge in [0.2, 0.25) is 0 Å². The molecule has 0 radical (unpaired) electrons. The molecular weight excluding hydrogens is 210 g/mol. The summed E-state index contributed by atoms with van der Waals surface area (Å²) >= 11 is 0. The summed E-state index contributed by atoms with van der Waals surface area (Å²) in [5.74, 6) is 1.65. The van der Waals surface area contributed by atoms with E-state index >= 15 is 0 Å². The SMILES string of the molecule is CCNC(CCCC(C)C)C(OCC)C1CC1. The second kappa shape index (κ2) is 8.10. The Kier molecular flexibility index (Phi) is 7.14. The lowest BCUT2D eigenvalue weighted by atomic mass is 9.97. The van der Waals surface area contributed by atoms with E-state index in [1.54, 1.807) is 0 Å². The standard InChI is InChI=1S/C15H31NO/c1-5-16-14(9-7-8-12(3)4)15(17-6-2)13-10-11-13/h12-16H,5-11H2,1-4H3. The van der Waals surface area contributed by atoms with Crippen LogP contribution in [0.3, 0.4) is 0 Å². The molecular formula is C15H31NO. The van der Waals surface area contributed by atoms with E-state index in [0.29, 0.717) is 12.1 Å². The average molecular weight is 241 g/mol. The van der Waals surface area contributed by atoms with Crippen LogP contribution < -0.4 is 5.32 Å². The normalized spacial score (nSPS) is 19.6. The highest BCUT2D eigenvalue weighted by Crippen LogP contribution is 2.36. The van der Waals surface area contributed by atoms with Crippen LogP contribution in [-0.4, -0.2) is 25.3 Å². The van der Waals surface area contributed by atoms with Crippen molar-refractivity contribution in [1.82, 2.24) is 5.32 Å². The molecule has 2 unspecified atom stereocenters. The second-order valence-corrected chi connectivity index (χ2v) is 5.75. The zero-order valence-corrected chi connectivity index (χ0v) is 12.2. The van der Waals surface area contributed by atoms with E-state index in [9.17, 15) is 0 Å². The van der Waals surface area contributed by atoms with Gasteiger partial charge in [0.1, 0.15) is 0 Å². The van der Waals surface area contributed by atoms with E-state index in [0.717, 1.165) is 25.0 Å². The molecule has 0 saturated heterocycles. The molecule has 1 saturated carbocycles. The molecule has 1 N–H and O–H groups in total. The lowest BCUT2D eigenvalue weighted by molar-refractivity contribution is 0.0166. The molecule has 1 aliphatic carbocycles. The quantitative estimate of drug-likeness (QED) is 0.631. The van der Waals surface area contributed by atoms with E-state index in [4.69, 9.17) is 4.74 Å². The Morgan fingerprint density at radius 2 is 1.88 bits per heavy atom. The first kappa shape index (κ1) is 15.0. The van der Waals surface area contributed by atoms with Gasteiger partial charge < -0.3 is 10.1 Å². The molecule has 2 heteroatoms. The van der Waals surface area contributed by atoms with E-state index < -0.39 is 0 Å². The van der Waals surface area contributed by atoms with Gasteiger partial charge in [-0.1, -0.05) is 33.6 Å². The zero-order valence-electron chi connectivity index (χ0n) is 12.2. The predicted octanol–water partition coefficient (Wildman–Crippen LogP) is 3.61. The van der Waals surface area contributed by atoms with Crippen molar-refractivity contribution in [2.45, 2.75) is 71.9 Å². The highest BCUT2D eigenvalue weighted by atomic mass is 16.5. The van der Waals surface area contributed by atoms with E-state index in [1.165, 1.54) is 32.1 Å². The second-order valence-electron chi connectivity index (χ2n) is 5.75. The van der Waals surface area contributed by atoms with Gasteiger partial charge in [0.15, 0.2) is 0 Å². The third-order valence-electron chi connectivity index (χ3n) is 3.61. The summed E-state index contributed by atoms with van der Waals surface area (Å²) in [6.45, 7) is 10.8. The minimum atomic E-state index is 0.465. The molecule has 0 aromatic heterocycles. The number of likely N-dealkylation sites (N-methyl/N-ethyl adjacent to an activating group) is 1. The Bertz CT molecular complexity index is 189. The van der Waals surface area contributed by atoms with Crippen LogP contribution in [0.5, 0.6) is 0 Å². The topological polar surface area (TPSA) is 21.3 Å². The van der Waals surface area contributed by atoms with Gasteiger partial charge in [-0.3, -0.25) is 0 Å². The minimum Gasteiger partial charge on any atom is -0.377 e. The van der Waals surface area contributed by atoms with E-state index in [1.807, 2.05) is 0 Å². The molecule has 102 valence electrons. The highest BCUT2D eigenvalue weighted by Gasteiger charge is 2.36.